The average Bonchev–Trinajstić information content (AvgIpc) is 2.46. The lowest BCUT2D eigenvalue weighted by Crippen LogP contribution is -2.18. The number of anilines is 1. The maximum Gasteiger partial charge on any atom is 0.138 e. The predicted molar refractivity (Wildman–Crippen MR) is 78.8 cm³/mol. The molecule has 4 nitrogen and oxygen atoms in total. The zero-order valence-electron chi connectivity index (χ0n) is 11.7. The van der Waals surface area contributed by atoms with Crippen molar-refractivity contribution in [3.8, 4) is 5.75 Å². The van der Waals surface area contributed by atoms with Crippen LogP contribution in [0.3, 0.4) is 0 Å². The van der Waals surface area contributed by atoms with Gasteiger partial charge in [0.2, 0.25) is 0 Å². The Bertz CT molecular complexity index is 612. The van der Waals surface area contributed by atoms with Crippen molar-refractivity contribution in [2.24, 2.45) is 0 Å². The van der Waals surface area contributed by atoms with Crippen LogP contribution in [0.1, 0.15) is 42.8 Å². The lowest BCUT2D eigenvalue weighted by atomic mass is 9.92. The van der Waals surface area contributed by atoms with E-state index in [0.717, 1.165) is 42.1 Å². The zero-order valence-corrected chi connectivity index (χ0v) is 11.7. The first-order valence-electron chi connectivity index (χ1n) is 7.13. The first kappa shape index (κ1) is 12.9. The lowest BCUT2D eigenvalue weighted by molar-refractivity contribution is 0.274. The van der Waals surface area contributed by atoms with Gasteiger partial charge in [0, 0.05) is 17.3 Å². The van der Waals surface area contributed by atoms with Crippen molar-refractivity contribution >= 4 is 5.82 Å². The Morgan fingerprint density at radius 3 is 3.00 bits per heavy atom. The van der Waals surface area contributed by atoms with E-state index >= 15 is 0 Å². The molecule has 0 spiro atoms. The number of hydrogen-bond donors (Lipinski definition) is 1. The topological polar surface area (TPSA) is 61.0 Å². The van der Waals surface area contributed by atoms with E-state index in [4.69, 9.17) is 15.5 Å². The van der Waals surface area contributed by atoms with Gasteiger partial charge in [0.05, 0.1) is 12.5 Å². The van der Waals surface area contributed by atoms with Gasteiger partial charge in [-0.2, -0.15) is 0 Å². The summed E-state index contributed by atoms with van der Waals surface area (Å²) in [7, 11) is 0. The molecule has 20 heavy (non-hydrogen) atoms. The van der Waals surface area contributed by atoms with E-state index < -0.39 is 0 Å². The van der Waals surface area contributed by atoms with Gasteiger partial charge in [0.25, 0.3) is 0 Å². The number of benzene rings is 1. The van der Waals surface area contributed by atoms with E-state index in [1.165, 1.54) is 0 Å². The number of hydrogen-bond acceptors (Lipinski definition) is 4. The molecular formula is C16H19N3O. The number of ether oxygens (including phenoxy) is 1. The van der Waals surface area contributed by atoms with Crippen molar-refractivity contribution in [2.45, 2.75) is 32.1 Å². The third-order valence-electron chi connectivity index (χ3n) is 3.59. The molecule has 0 amide bonds. The van der Waals surface area contributed by atoms with Crippen LogP contribution >= 0.6 is 0 Å². The number of aryl methyl sites for hydroxylation is 1. The minimum atomic E-state index is 0.180. The number of para-hydroxylation sites is 1. The molecule has 3 rings (SSSR count). The molecule has 0 radical (unpaired) electrons. The minimum Gasteiger partial charge on any atom is -0.493 e. The Labute approximate surface area is 119 Å². The van der Waals surface area contributed by atoms with Crippen molar-refractivity contribution in [3.05, 3.63) is 47.4 Å². The largest absolute Gasteiger partial charge is 0.493 e. The van der Waals surface area contributed by atoms with E-state index in [1.807, 2.05) is 24.3 Å². The highest BCUT2D eigenvalue weighted by atomic mass is 16.5. The zero-order chi connectivity index (χ0) is 13.9. The van der Waals surface area contributed by atoms with Crippen LogP contribution in [0, 0.1) is 0 Å². The third-order valence-corrected chi connectivity index (χ3v) is 3.59. The molecule has 1 aliphatic heterocycles. The summed E-state index contributed by atoms with van der Waals surface area (Å²) in [6.07, 6.45) is 2.89. The van der Waals surface area contributed by atoms with E-state index in [1.54, 1.807) is 0 Å². The minimum absolute atomic E-state index is 0.180. The number of nitrogens with zero attached hydrogens (tertiary/aromatic N) is 2. The normalized spacial score (nSPS) is 17.4. The molecule has 2 aromatic rings. The molecule has 1 atom stereocenters. The van der Waals surface area contributed by atoms with E-state index in [-0.39, 0.29) is 5.92 Å². The summed E-state index contributed by atoms with van der Waals surface area (Å²) in [5.74, 6) is 2.50. The second kappa shape index (κ2) is 5.49. The average molecular weight is 269 g/mol. The van der Waals surface area contributed by atoms with Gasteiger partial charge in [-0.15, -0.1) is 0 Å². The number of fused-ring (bicyclic) bond motifs is 1. The molecule has 0 aliphatic carbocycles. The molecule has 0 saturated carbocycles. The van der Waals surface area contributed by atoms with Crippen LogP contribution in [0.5, 0.6) is 5.75 Å². The van der Waals surface area contributed by atoms with Gasteiger partial charge in [-0.05, 0) is 18.9 Å². The standard InChI is InChI=1S/C16H19N3O/c1-2-5-11-10-15(17)19-16(18-11)13-8-9-20-14-7-4-3-6-12(13)14/h3-4,6-7,10,13H,2,5,8-9H2,1H3,(H2,17,18,19). The quantitative estimate of drug-likeness (QED) is 0.930. The number of rotatable bonds is 3. The van der Waals surface area contributed by atoms with Crippen LogP contribution in [-0.4, -0.2) is 16.6 Å². The van der Waals surface area contributed by atoms with Crippen molar-refractivity contribution in [1.82, 2.24) is 9.97 Å². The third kappa shape index (κ3) is 2.46. The van der Waals surface area contributed by atoms with E-state index in [2.05, 4.69) is 18.0 Å². The Morgan fingerprint density at radius 2 is 2.15 bits per heavy atom. The number of nitrogen functional groups attached to an aromatic ring is 1. The van der Waals surface area contributed by atoms with Crippen LogP contribution in [0.25, 0.3) is 0 Å². The van der Waals surface area contributed by atoms with E-state index in [9.17, 15) is 0 Å². The van der Waals surface area contributed by atoms with Crippen LogP contribution in [-0.2, 0) is 6.42 Å². The van der Waals surface area contributed by atoms with E-state index in [0.29, 0.717) is 12.4 Å². The van der Waals surface area contributed by atoms with Crippen LogP contribution < -0.4 is 10.5 Å². The molecule has 0 saturated heterocycles. The van der Waals surface area contributed by atoms with Gasteiger partial charge >= 0.3 is 0 Å². The fourth-order valence-corrected chi connectivity index (χ4v) is 2.69. The fourth-order valence-electron chi connectivity index (χ4n) is 2.69. The number of aromatic nitrogens is 2. The van der Waals surface area contributed by atoms with Crippen LogP contribution in [0.2, 0.25) is 0 Å². The molecule has 0 bridgehead atoms. The lowest BCUT2D eigenvalue weighted by Gasteiger charge is -2.25. The smallest absolute Gasteiger partial charge is 0.138 e. The first-order valence-corrected chi connectivity index (χ1v) is 7.13. The second-order valence-corrected chi connectivity index (χ2v) is 5.12. The summed E-state index contributed by atoms with van der Waals surface area (Å²) in [6, 6.07) is 9.98. The van der Waals surface area contributed by atoms with Crippen molar-refractivity contribution in [3.63, 3.8) is 0 Å². The van der Waals surface area contributed by atoms with Gasteiger partial charge in [-0.3, -0.25) is 0 Å². The van der Waals surface area contributed by atoms with Crippen molar-refractivity contribution in [2.75, 3.05) is 12.3 Å². The maximum absolute atomic E-state index is 5.93. The summed E-state index contributed by atoms with van der Waals surface area (Å²) in [5.41, 5.74) is 8.12. The van der Waals surface area contributed by atoms with Crippen molar-refractivity contribution in [1.29, 1.82) is 0 Å². The second-order valence-electron chi connectivity index (χ2n) is 5.12. The fraction of sp³-hybridized carbons (Fsp3) is 0.375. The molecule has 2 heterocycles. The molecule has 4 heteroatoms. The summed E-state index contributed by atoms with van der Waals surface area (Å²) < 4.78 is 5.70. The van der Waals surface area contributed by atoms with Crippen molar-refractivity contribution < 1.29 is 4.74 Å². The van der Waals surface area contributed by atoms with Gasteiger partial charge in [-0.25, -0.2) is 9.97 Å². The Kier molecular flexibility index (Phi) is 3.54. The summed E-state index contributed by atoms with van der Waals surface area (Å²) >= 11 is 0. The first-order chi connectivity index (χ1) is 9.78. The number of nitrogens with two attached hydrogens (primary N) is 1. The van der Waals surface area contributed by atoms with Gasteiger partial charge in [0.15, 0.2) is 0 Å². The van der Waals surface area contributed by atoms with Gasteiger partial charge in [0.1, 0.15) is 17.4 Å². The van der Waals surface area contributed by atoms with Gasteiger partial charge < -0.3 is 10.5 Å². The SMILES string of the molecule is CCCc1cc(N)nc(C2CCOc3ccccc32)n1. The molecule has 0 fully saturated rings. The molecule has 1 aromatic heterocycles. The highest BCUT2D eigenvalue weighted by Crippen LogP contribution is 2.36. The maximum atomic E-state index is 5.93. The highest BCUT2D eigenvalue weighted by Gasteiger charge is 2.25. The summed E-state index contributed by atoms with van der Waals surface area (Å²) in [5, 5.41) is 0. The summed E-state index contributed by atoms with van der Waals surface area (Å²) in [6.45, 7) is 2.84. The summed E-state index contributed by atoms with van der Waals surface area (Å²) in [4.78, 5) is 9.15. The Morgan fingerprint density at radius 1 is 1.30 bits per heavy atom. The molecular weight excluding hydrogens is 250 g/mol. The molecule has 104 valence electrons. The van der Waals surface area contributed by atoms with Gasteiger partial charge in [-0.1, -0.05) is 31.5 Å². The molecule has 1 aliphatic rings. The van der Waals surface area contributed by atoms with Crippen LogP contribution in [0.4, 0.5) is 5.82 Å². The monoisotopic (exact) mass is 269 g/mol. The predicted octanol–water partition coefficient (Wildman–Crippen LogP) is 2.93. The highest BCUT2D eigenvalue weighted by molar-refractivity contribution is 5.42. The molecule has 1 aromatic carbocycles. The van der Waals surface area contributed by atoms with Crippen LogP contribution in [0.15, 0.2) is 30.3 Å². The Hall–Kier alpha value is -2.10. The Balaban J connectivity index is 2.01. The molecule has 1 unspecified atom stereocenters. The molecule has 2 N–H and O–H groups in total.